The predicted octanol–water partition coefficient (Wildman–Crippen LogP) is 1.32. The lowest BCUT2D eigenvalue weighted by Gasteiger charge is -2.37. The van der Waals surface area contributed by atoms with Crippen molar-refractivity contribution in [3.05, 3.63) is 29.8 Å². The van der Waals surface area contributed by atoms with Crippen LogP contribution in [-0.2, 0) is 11.2 Å². The summed E-state index contributed by atoms with van der Waals surface area (Å²) in [6.45, 7) is 4.61. The van der Waals surface area contributed by atoms with E-state index >= 15 is 0 Å². The molecule has 1 atom stereocenters. The van der Waals surface area contributed by atoms with Crippen LogP contribution in [0.3, 0.4) is 0 Å². The van der Waals surface area contributed by atoms with Crippen molar-refractivity contribution in [2.45, 2.75) is 12.5 Å². The molecule has 0 saturated carbocycles. The van der Waals surface area contributed by atoms with Crippen molar-refractivity contribution in [1.82, 2.24) is 4.90 Å². The average Bonchev–Trinajstić information content (AvgIpc) is 2.39. The minimum absolute atomic E-state index is 0.527. The number of morpholine rings is 1. The van der Waals surface area contributed by atoms with Gasteiger partial charge in [-0.2, -0.15) is 0 Å². The fraction of sp³-hybridized carbons (Fsp3) is 0.538. The summed E-state index contributed by atoms with van der Waals surface area (Å²) in [5.41, 5.74) is 1.34. The molecule has 1 unspecified atom stereocenters. The molecule has 2 aliphatic heterocycles. The van der Waals surface area contributed by atoms with Crippen molar-refractivity contribution in [3.8, 4) is 5.75 Å². The fourth-order valence-electron chi connectivity index (χ4n) is 2.49. The molecule has 3 nitrogen and oxygen atoms in total. The van der Waals surface area contributed by atoms with Gasteiger partial charge in [-0.05, 0) is 18.1 Å². The highest BCUT2D eigenvalue weighted by atomic mass is 16.5. The predicted molar refractivity (Wildman–Crippen MR) is 61.8 cm³/mol. The van der Waals surface area contributed by atoms with Crippen LogP contribution in [0.15, 0.2) is 24.3 Å². The summed E-state index contributed by atoms with van der Waals surface area (Å²) in [5.74, 6) is 1.06. The number of nitrogens with zero attached hydrogens (tertiary/aromatic N) is 1. The van der Waals surface area contributed by atoms with Gasteiger partial charge in [-0.1, -0.05) is 18.2 Å². The number of fused-ring (bicyclic) bond motifs is 1. The van der Waals surface area contributed by atoms with E-state index in [2.05, 4.69) is 23.1 Å². The van der Waals surface area contributed by atoms with Crippen LogP contribution in [0.1, 0.15) is 5.56 Å². The zero-order valence-electron chi connectivity index (χ0n) is 9.39. The molecule has 0 spiro atoms. The van der Waals surface area contributed by atoms with Crippen LogP contribution >= 0.6 is 0 Å². The second-order valence-electron chi connectivity index (χ2n) is 4.43. The maximum atomic E-state index is 5.81. The van der Waals surface area contributed by atoms with Crippen molar-refractivity contribution < 1.29 is 9.47 Å². The molecule has 2 aliphatic rings. The SMILES string of the molecule is c1ccc2c(c1)CC(N1CCOCC1)CO2. The third-order valence-corrected chi connectivity index (χ3v) is 3.42. The first-order valence-corrected chi connectivity index (χ1v) is 5.96. The summed E-state index contributed by atoms with van der Waals surface area (Å²) >= 11 is 0. The highest BCUT2D eigenvalue weighted by molar-refractivity contribution is 5.35. The quantitative estimate of drug-likeness (QED) is 0.711. The Balaban J connectivity index is 1.72. The normalized spacial score (nSPS) is 25.9. The molecule has 1 aromatic carbocycles. The monoisotopic (exact) mass is 219 g/mol. The maximum Gasteiger partial charge on any atom is 0.122 e. The number of benzene rings is 1. The second kappa shape index (κ2) is 4.44. The summed E-state index contributed by atoms with van der Waals surface area (Å²) in [5, 5.41) is 0. The Kier molecular flexibility index (Phi) is 2.80. The van der Waals surface area contributed by atoms with Gasteiger partial charge < -0.3 is 9.47 Å². The summed E-state index contributed by atoms with van der Waals surface area (Å²) < 4.78 is 11.2. The molecular weight excluding hydrogens is 202 g/mol. The average molecular weight is 219 g/mol. The van der Waals surface area contributed by atoms with Crippen molar-refractivity contribution in [1.29, 1.82) is 0 Å². The van der Waals surface area contributed by atoms with E-state index in [0.29, 0.717) is 6.04 Å². The summed E-state index contributed by atoms with van der Waals surface area (Å²) in [6.07, 6.45) is 1.11. The minimum atomic E-state index is 0.527. The zero-order chi connectivity index (χ0) is 10.8. The van der Waals surface area contributed by atoms with Gasteiger partial charge >= 0.3 is 0 Å². The van der Waals surface area contributed by atoms with E-state index in [4.69, 9.17) is 9.47 Å². The lowest BCUT2D eigenvalue weighted by atomic mass is 10.0. The van der Waals surface area contributed by atoms with Crippen LogP contribution in [0.2, 0.25) is 0 Å². The largest absolute Gasteiger partial charge is 0.492 e. The molecule has 0 aromatic heterocycles. The van der Waals surface area contributed by atoms with Gasteiger partial charge in [-0.3, -0.25) is 4.90 Å². The zero-order valence-corrected chi connectivity index (χ0v) is 9.39. The van der Waals surface area contributed by atoms with E-state index in [1.165, 1.54) is 5.56 Å². The van der Waals surface area contributed by atoms with E-state index in [1.54, 1.807) is 0 Å². The lowest BCUT2D eigenvalue weighted by molar-refractivity contribution is 0.00248. The van der Waals surface area contributed by atoms with Crippen LogP contribution < -0.4 is 4.74 Å². The molecule has 2 heterocycles. The van der Waals surface area contributed by atoms with Crippen LogP contribution in [-0.4, -0.2) is 43.9 Å². The van der Waals surface area contributed by atoms with E-state index in [9.17, 15) is 0 Å². The molecule has 3 rings (SSSR count). The maximum absolute atomic E-state index is 5.81. The number of ether oxygens (including phenoxy) is 2. The standard InChI is InChI=1S/C13H17NO2/c1-2-4-13-11(3-1)9-12(10-16-13)14-5-7-15-8-6-14/h1-4,12H,5-10H2. The van der Waals surface area contributed by atoms with Crippen molar-refractivity contribution in [2.24, 2.45) is 0 Å². The van der Waals surface area contributed by atoms with Gasteiger partial charge in [0.2, 0.25) is 0 Å². The molecule has 0 amide bonds. The summed E-state index contributed by atoms with van der Waals surface area (Å²) in [6, 6.07) is 8.88. The van der Waals surface area contributed by atoms with Gasteiger partial charge in [0, 0.05) is 19.1 Å². The number of para-hydroxylation sites is 1. The Hall–Kier alpha value is -1.06. The first-order valence-electron chi connectivity index (χ1n) is 5.96. The van der Waals surface area contributed by atoms with Crippen LogP contribution in [0.4, 0.5) is 0 Å². The number of hydrogen-bond donors (Lipinski definition) is 0. The van der Waals surface area contributed by atoms with Gasteiger partial charge in [0.05, 0.1) is 13.2 Å². The first kappa shape index (κ1) is 10.1. The number of rotatable bonds is 1. The Bertz CT molecular complexity index is 361. The van der Waals surface area contributed by atoms with Crippen molar-refractivity contribution in [2.75, 3.05) is 32.9 Å². The van der Waals surface area contributed by atoms with Crippen LogP contribution in [0.5, 0.6) is 5.75 Å². The minimum Gasteiger partial charge on any atom is -0.492 e. The highest BCUT2D eigenvalue weighted by Gasteiger charge is 2.26. The number of hydrogen-bond acceptors (Lipinski definition) is 3. The van der Waals surface area contributed by atoms with Gasteiger partial charge in [-0.15, -0.1) is 0 Å². The molecule has 0 radical (unpaired) electrons. The molecule has 0 aliphatic carbocycles. The second-order valence-corrected chi connectivity index (χ2v) is 4.43. The third-order valence-electron chi connectivity index (χ3n) is 3.42. The molecule has 1 fully saturated rings. The van der Waals surface area contributed by atoms with E-state index < -0.39 is 0 Å². The molecule has 0 N–H and O–H groups in total. The highest BCUT2D eigenvalue weighted by Crippen LogP contribution is 2.26. The van der Waals surface area contributed by atoms with Crippen LogP contribution in [0, 0.1) is 0 Å². The Labute approximate surface area is 96.0 Å². The molecule has 1 aromatic rings. The van der Waals surface area contributed by atoms with Crippen LogP contribution in [0.25, 0.3) is 0 Å². The smallest absolute Gasteiger partial charge is 0.122 e. The van der Waals surface area contributed by atoms with E-state index in [-0.39, 0.29) is 0 Å². The van der Waals surface area contributed by atoms with Crippen molar-refractivity contribution in [3.63, 3.8) is 0 Å². The molecule has 3 heteroatoms. The first-order chi connectivity index (χ1) is 7.93. The summed E-state index contributed by atoms with van der Waals surface area (Å²) in [7, 11) is 0. The van der Waals surface area contributed by atoms with Gasteiger partial charge in [-0.25, -0.2) is 0 Å². The lowest BCUT2D eigenvalue weighted by Crippen LogP contribution is -2.48. The van der Waals surface area contributed by atoms with Gasteiger partial charge in [0.25, 0.3) is 0 Å². The Morgan fingerprint density at radius 1 is 1.12 bits per heavy atom. The molecule has 86 valence electrons. The fourth-order valence-corrected chi connectivity index (χ4v) is 2.49. The molecule has 0 bridgehead atoms. The molecule has 1 saturated heterocycles. The van der Waals surface area contributed by atoms with E-state index in [0.717, 1.165) is 45.1 Å². The topological polar surface area (TPSA) is 21.7 Å². The molecular formula is C13H17NO2. The van der Waals surface area contributed by atoms with Crippen molar-refractivity contribution >= 4 is 0 Å². The summed E-state index contributed by atoms with van der Waals surface area (Å²) in [4.78, 5) is 2.49. The van der Waals surface area contributed by atoms with Gasteiger partial charge in [0.1, 0.15) is 12.4 Å². The Morgan fingerprint density at radius 2 is 1.94 bits per heavy atom. The third kappa shape index (κ3) is 1.93. The van der Waals surface area contributed by atoms with E-state index in [1.807, 2.05) is 6.07 Å². The molecule has 16 heavy (non-hydrogen) atoms. The van der Waals surface area contributed by atoms with Gasteiger partial charge in [0.15, 0.2) is 0 Å². The Morgan fingerprint density at radius 3 is 2.81 bits per heavy atom.